The van der Waals surface area contributed by atoms with Gasteiger partial charge in [-0.25, -0.2) is 9.67 Å². The van der Waals surface area contributed by atoms with Gasteiger partial charge in [0.05, 0.1) is 28.7 Å². The van der Waals surface area contributed by atoms with Gasteiger partial charge in [-0.05, 0) is 58.8 Å². The number of amides is 1. The van der Waals surface area contributed by atoms with Crippen LogP contribution in [0.1, 0.15) is 75.0 Å². The molecule has 1 amide bonds. The summed E-state index contributed by atoms with van der Waals surface area (Å²) in [4.78, 5) is 18.0. The molecule has 8 nitrogen and oxygen atoms in total. The maximum absolute atomic E-state index is 13.2. The zero-order valence-electron chi connectivity index (χ0n) is 18.1. The first-order valence-corrected chi connectivity index (χ1v) is 10.3. The van der Waals surface area contributed by atoms with Crippen LogP contribution in [0.3, 0.4) is 0 Å². The zero-order chi connectivity index (χ0) is 21.5. The summed E-state index contributed by atoms with van der Waals surface area (Å²) in [5, 5.41) is 15.5. The van der Waals surface area contributed by atoms with E-state index in [9.17, 15) is 4.79 Å². The van der Waals surface area contributed by atoms with Crippen molar-refractivity contribution in [3.8, 4) is 0 Å². The smallest absolute Gasteiger partial charge is 0.252 e. The van der Waals surface area contributed by atoms with Gasteiger partial charge in [0, 0.05) is 12.2 Å². The van der Waals surface area contributed by atoms with E-state index in [0.29, 0.717) is 22.7 Å². The van der Waals surface area contributed by atoms with Crippen molar-refractivity contribution in [3.63, 3.8) is 0 Å². The quantitative estimate of drug-likeness (QED) is 0.618. The van der Waals surface area contributed by atoms with Crippen molar-refractivity contribution < 1.29 is 4.79 Å². The van der Waals surface area contributed by atoms with Crippen LogP contribution in [0, 0.1) is 11.7 Å². The predicted molar refractivity (Wildman–Crippen MR) is 116 cm³/mol. The molecule has 0 fully saturated rings. The van der Waals surface area contributed by atoms with Crippen LogP contribution in [-0.4, -0.2) is 35.4 Å². The molecule has 0 aliphatic heterocycles. The lowest BCUT2D eigenvalue weighted by molar-refractivity contribution is 0.0951. The molecule has 3 heterocycles. The minimum atomic E-state index is -0.246. The van der Waals surface area contributed by atoms with Crippen molar-refractivity contribution in [2.24, 2.45) is 0 Å². The molecule has 0 saturated heterocycles. The number of aryl methyl sites for hydroxylation is 1. The van der Waals surface area contributed by atoms with E-state index < -0.39 is 0 Å². The number of hydrogen-bond donors (Lipinski definition) is 2. The summed E-state index contributed by atoms with van der Waals surface area (Å²) in [7, 11) is 0. The van der Waals surface area contributed by atoms with E-state index >= 15 is 0 Å². The Morgan fingerprint density at radius 1 is 1.34 bits per heavy atom. The highest BCUT2D eigenvalue weighted by Gasteiger charge is 2.25. The van der Waals surface area contributed by atoms with Crippen molar-refractivity contribution in [3.05, 3.63) is 33.6 Å². The van der Waals surface area contributed by atoms with E-state index in [-0.39, 0.29) is 23.9 Å². The molecule has 0 atom stereocenters. The molecule has 3 aromatic heterocycles. The summed E-state index contributed by atoms with van der Waals surface area (Å²) in [5.74, 6) is 0.709. The zero-order valence-corrected chi connectivity index (χ0v) is 18.9. The molecule has 156 valence electrons. The molecule has 0 bridgehead atoms. The van der Waals surface area contributed by atoms with E-state index in [1.165, 1.54) is 0 Å². The van der Waals surface area contributed by atoms with Crippen molar-refractivity contribution in [2.75, 3.05) is 0 Å². The Labute approximate surface area is 175 Å². The van der Waals surface area contributed by atoms with Gasteiger partial charge in [-0.1, -0.05) is 13.8 Å². The predicted octanol–water partition coefficient (Wildman–Crippen LogP) is 3.82. The van der Waals surface area contributed by atoms with E-state index in [2.05, 4.69) is 50.1 Å². The van der Waals surface area contributed by atoms with Gasteiger partial charge in [0.15, 0.2) is 16.2 Å². The summed E-state index contributed by atoms with van der Waals surface area (Å²) in [6.07, 6.45) is 0. The molecule has 9 heteroatoms. The average molecular weight is 416 g/mol. The Bertz CT molecular complexity index is 1110. The standard InChI is InChI=1S/C20H29N7OS/c1-8-26-15(23-24-19(26)29)10-21-18(28)13-9-14(11(2)3)22-17-16(13)12(4)25-27(17)20(5,6)7/h9,11H,8,10H2,1-7H3,(H,21,28)(H,24,29). The Morgan fingerprint density at radius 3 is 2.62 bits per heavy atom. The summed E-state index contributed by atoms with van der Waals surface area (Å²) < 4.78 is 4.32. The molecule has 0 unspecified atom stereocenters. The van der Waals surface area contributed by atoms with Crippen molar-refractivity contribution in [2.45, 2.75) is 73.0 Å². The number of carbonyl (C=O) groups is 1. The molecule has 0 radical (unpaired) electrons. The van der Waals surface area contributed by atoms with Crippen molar-refractivity contribution in [1.82, 2.24) is 34.8 Å². The fraction of sp³-hybridized carbons (Fsp3) is 0.550. The van der Waals surface area contributed by atoms with Crippen LogP contribution in [0.15, 0.2) is 6.07 Å². The number of aromatic nitrogens is 6. The number of hydrogen-bond acceptors (Lipinski definition) is 5. The maximum atomic E-state index is 13.2. The minimum absolute atomic E-state index is 0.174. The first-order chi connectivity index (χ1) is 13.5. The highest BCUT2D eigenvalue weighted by Crippen LogP contribution is 2.28. The third kappa shape index (κ3) is 3.96. The fourth-order valence-corrected chi connectivity index (χ4v) is 3.60. The van der Waals surface area contributed by atoms with E-state index in [1.54, 1.807) is 0 Å². The molecule has 0 saturated carbocycles. The topological polar surface area (TPSA) is 93.4 Å². The second-order valence-corrected chi connectivity index (χ2v) is 8.87. The summed E-state index contributed by atoms with van der Waals surface area (Å²) in [6, 6.07) is 1.88. The number of fused-ring (bicyclic) bond motifs is 1. The summed E-state index contributed by atoms with van der Waals surface area (Å²) in [5.41, 5.74) is 2.74. The van der Waals surface area contributed by atoms with Crippen LogP contribution >= 0.6 is 12.2 Å². The van der Waals surface area contributed by atoms with E-state index in [4.69, 9.17) is 22.3 Å². The first-order valence-electron chi connectivity index (χ1n) is 9.87. The van der Waals surface area contributed by atoms with E-state index in [0.717, 1.165) is 22.4 Å². The Balaban J connectivity index is 2.06. The van der Waals surface area contributed by atoms with Gasteiger partial charge in [-0.2, -0.15) is 10.2 Å². The lowest BCUT2D eigenvalue weighted by Gasteiger charge is -2.20. The molecule has 0 aliphatic carbocycles. The lowest BCUT2D eigenvalue weighted by atomic mass is 10.0. The normalized spacial score (nSPS) is 12.1. The van der Waals surface area contributed by atoms with Crippen LogP contribution in [0.25, 0.3) is 11.0 Å². The summed E-state index contributed by atoms with van der Waals surface area (Å²) >= 11 is 5.22. The van der Waals surface area contributed by atoms with Gasteiger partial charge < -0.3 is 9.88 Å². The van der Waals surface area contributed by atoms with Gasteiger partial charge in [0.25, 0.3) is 5.91 Å². The third-order valence-corrected chi connectivity index (χ3v) is 5.18. The highest BCUT2D eigenvalue weighted by molar-refractivity contribution is 7.71. The SMILES string of the molecule is CCn1c(CNC(=O)c2cc(C(C)C)nc3c2c(C)nn3C(C)(C)C)n[nH]c1=S. The van der Waals surface area contributed by atoms with Crippen molar-refractivity contribution >= 4 is 29.2 Å². The number of nitrogens with one attached hydrogen (secondary N) is 2. The second-order valence-electron chi connectivity index (χ2n) is 8.49. The van der Waals surface area contributed by atoms with Gasteiger partial charge >= 0.3 is 0 Å². The third-order valence-electron chi connectivity index (χ3n) is 4.86. The van der Waals surface area contributed by atoms with Crippen molar-refractivity contribution in [1.29, 1.82) is 0 Å². The summed E-state index contributed by atoms with van der Waals surface area (Å²) in [6.45, 7) is 15.3. The number of H-pyrrole nitrogens is 1. The number of pyridine rings is 1. The lowest BCUT2D eigenvalue weighted by Crippen LogP contribution is -2.26. The second kappa shape index (κ2) is 7.70. The number of carbonyl (C=O) groups excluding carboxylic acids is 1. The fourth-order valence-electron chi connectivity index (χ4n) is 3.32. The molecule has 29 heavy (non-hydrogen) atoms. The molecule has 0 aromatic carbocycles. The minimum Gasteiger partial charge on any atom is -0.345 e. The Kier molecular flexibility index (Phi) is 5.62. The van der Waals surface area contributed by atoms with Gasteiger partial charge in [0.1, 0.15) is 0 Å². The largest absolute Gasteiger partial charge is 0.345 e. The highest BCUT2D eigenvalue weighted by atomic mass is 32.1. The van der Waals surface area contributed by atoms with Crippen LogP contribution in [0.5, 0.6) is 0 Å². The van der Waals surface area contributed by atoms with Crippen LogP contribution < -0.4 is 5.32 Å². The van der Waals surface area contributed by atoms with Crippen LogP contribution in [0.2, 0.25) is 0 Å². The molecular weight excluding hydrogens is 386 g/mol. The molecule has 2 N–H and O–H groups in total. The number of nitrogens with zero attached hydrogens (tertiary/aromatic N) is 5. The monoisotopic (exact) mass is 415 g/mol. The van der Waals surface area contributed by atoms with Gasteiger partial charge in [-0.3, -0.25) is 9.89 Å². The molecule has 0 spiro atoms. The maximum Gasteiger partial charge on any atom is 0.252 e. The Morgan fingerprint density at radius 2 is 2.03 bits per heavy atom. The van der Waals surface area contributed by atoms with Gasteiger partial charge in [-0.15, -0.1) is 0 Å². The van der Waals surface area contributed by atoms with Crippen LogP contribution in [0.4, 0.5) is 0 Å². The van der Waals surface area contributed by atoms with E-state index in [1.807, 2.05) is 29.2 Å². The van der Waals surface area contributed by atoms with Gasteiger partial charge in [0.2, 0.25) is 0 Å². The number of rotatable bonds is 5. The molecular formula is C20H29N7OS. The molecule has 3 rings (SSSR count). The van der Waals surface area contributed by atoms with Crippen LogP contribution in [-0.2, 0) is 18.6 Å². The first kappa shape index (κ1) is 21.2. The Hall–Kier alpha value is -2.55. The molecule has 3 aromatic rings. The average Bonchev–Trinajstić information content (AvgIpc) is 3.18. The number of aromatic amines is 1. The molecule has 0 aliphatic rings.